The fourth-order valence-corrected chi connectivity index (χ4v) is 2.93. The highest BCUT2D eigenvalue weighted by molar-refractivity contribution is 5.94. The monoisotopic (exact) mass is 302 g/mol. The Morgan fingerprint density at radius 2 is 2.18 bits per heavy atom. The Balaban J connectivity index is 1.79. The maximum absolute atomic E-state index is 13.0. The zero-order valence-electron chi connectivity index (χ0n) is 12.6. The highest BCUT2D eigenvalue weighted by Gasteiger charge is 2.32. The van der Waals surface area contributed by atoms with Gasteiger partial charge in [-0.05, 0) is 43.5 Å². The van der Waals surface area contributed by atoms with Crippen molar-refractivity contribution in [3.05, 3.63) is 53.2 Å². The quantitative estimate of drug-likeness (QED) is 0.864. The summed E-state index contributed by atoms with van der Waals surface area (Å²) in [5.74, 6) is 0.441. The van der Waals surface area contributed by atoms with Crippen molar-refractivity contribution in [2.75, 3.05) is 6.54 Å². The van der Waals surface area contributed by atoms with Crippen LogP contribution in [0.5, 0.6) is 0 Å². The van der Waals surface area contributed by atoms with Crippen molar-refractivity contribution in [3.8, 4) is 0 Å². The molecule has 0 spiro atoms. The lowest BCUT2D eigenvalue weighted by molar-refractivity contribution is 0.0731. The molecule has 0 aliphatic carbocycles. The van der Waals surface area contributed by atoms with Crippen LogP contribution in [0.15, 0.2) is 34.9 Å². The second-order valence-corrected chi connectivity index (χ2v) is 5.63. The van der Waals surface area contributed by atoms with Crippen LogP contribution in [0.4, 0.5) is 4.39 Å². The summed E-state index contributed by atoms with van der Waals surface area (Å²) in [6, 6.07) is 7.58. The molecule has 1 aromatic carbocycles. The molecular formula is C17H19FN2O2. The average molecular weight is 302 g/mol. The number of aromatic nitrogens is 1. The number of amides is 1. The van der Waals surface area contributed by atoms with Crippen molar-refractivity contribution in [1.29, 1.82) is 0 Å². The molecule has 0 N–H and O–H groups in total. The van der Waals surface area contributed by atoms with Crippen LogP contribution in [0.25, 0.3) is 0 Å². The van der Waals surface area contributed by atoms with Crippen LogP contribution >= 0.6 is 0 Å². The van der Waals surface area contributed by atoms with Crippen LogP contribution in [-0.2, 0) is 6.42 Å². The molecule has 1 aliphatic rings. The molecule has 2 heterocycles. The van der Waals surface area contributed by atoms with E-state index < -0.39 is 0 Å². The largest absolute Gasteiger partial charge is 0.361 e. The topological polar surface area (TPSA) is 46.3 Å². The highest BCUT2D eigenvalue weighted by atomic mass is 19.1. The van der Waals surface area contributed by atoms with Gasteiger partial charge in [0.05, 0.1) is 6.04 Å². The van der Waals surface area contributed by atoms with E-state index in [0.29, 0.717) is 12.1 Å². The minimum Gasteiger partial charge on any atom is -0.361 e. The molecule has 0 saturated carbocycles. The molecule has 5 heteroatoms. The molecular weight excluding hydrogens is 283 g/mol. The average Bonchev–Trinajstić information content (AvgIpc) is 3.16. The molecule has 2 aromatic rings. The van der Waals surface area contributed by atoms with Crippen LogP contribution in [0, 0.1) is 5.82 Å². The Hall–Kier alpha value is -2.17. The summed E-state index contributed by atoms with van der Waals surface area (Å²) >= 11 is 0. The first-order valence-electron chi connectivity index (χ1n) is 7.71. The van der Waals surface area contributed by atoms with E-state index in [-0.39, 0.29) is 17.8 Å². The number of rotatable bonds is 4. The van der Waals surface area contributed by atoms with Crippen molar-refractivity contribution in [1.82, 2.24) is 10.1 Å². The molecule has 1 amide bonds. The molecule has 0 unspecified atom stereocenters. The van der Waals surface area contributed by atoms with Crippen LogP contribution in [-0.4, -0.2) is 22.5 Å². The number of benzene rings is 1. The number of aryl methyl sites for hydroxylation is 1. The van der Waals surface area contributed by atoms with Gasteiger partial charge in [-0.1, -0.05) is 12.1 Å². The molecule has 3 rings (SSSR count). The summed E-state index contributed by atoms with van der Waals surface area (Å²) in [4.78, 5) is 14.4. The third-order valence-electron chi connectivity index (χ3n) is 4.02. The standard InChI is InChI=1S/C17H19FN2O2/c1-2-4-14-11-15(19-22-14)16-5-3-10-20(16)17(21)12-6-8-13(18)9-7-12/h6-9,11,16H,2-5,10H2,1H3/t16-/m1/s1. The van der Waals surface area contributed by atoms with Gasteiger partial charge in [-0.2, -0.15) is 0 Å². The first kappa shape index (κ1) is 14.8. The first-order valence-corrected chi connectivity index (χ1v) is 7.71. The summed E-state index contributed by atoms with van der Waals surface area (Å²) in [7, 11) is 0. The van der Waals surface area contributed by atoms with E-state index >= 15 is 0 Å². The second-order valence-electron chi connectivity index (χ2n) is 5.63. The van der Waals surface area contributed by atoms with Gasteiger partial charge in [0, 0.05) is 24.6 Å². The van der Waals surface area contributed by atoms with Gasteiger partial charge in [0.2, 0.25) is 0 Å². The zero-order valence-corrected chi connectivity index (χ0v) is 12.6. The van der Waals surface area contributed by atoms with E-state index in [4.69, 9.17) is 4.52 Å². The van der Waals surface area contributed by atoms with Crippen LogP contribution in [0.2, 0.25) is 0 Å². The maximum atomic E-state index is 13.0. The molecule has 22 heavy (non-hydrogen) atoms. The fraction of sp³-hybridized carbons (Fsp3) is 0.412. The molecule has 1 fully saturated rings. The maximum Gasteiger partial charge on any atom is 0.254 e. The van der Waals surface area contributed by atoms with E-state index in [9.17, 15) is 9.18 Å². The SMILES string of the molecule is CCCc1cc([C@H]2CCCN2C(=O)c2ccc(F)cc2)no1. The van der Waals surface area contributed by atoms with E-state index in [1.54, 1.807) is 4.90 Å². The van der Waals surface area contributed by atoms with E-state index in [2.05, 4.69) is 12.1 Å². The molecule has 0 radical (unpaired) electrons. The number of nitrogens with zero attached hydrogens (tertiary/aromatic N) is 2. The number of likely N-dealkylation sites (tertiary alicyclic amines) is 1. The van der Waals surface area contributed by atoms with Gasteiger partial charge in [-0.15, -0.1) is 0 Å². The van der Waals surface area contributed by atoms with Gasteiger partial charge in [-0.3, -0.25) is 4.79 Å². The molecule has 1 saturated heterocycles. The van der Waals surface area contributed by atoms with Crippen molar-refractivity contribution < 1.29 is 13.7 Å². The summed E-state index contributed by atoms with van der Waals surface area (Å²) in [6.07, 6.45) is 3.67. The van der Waals surface area contributed by atoms with Gasteiger partial charge < -0.3 is 9.42 Å². The summed E-state index contributed by atoms with van der Waals surface area (Å²) < 4.78 is 18.3. The molecule has 1 aliphatic heterocycles. The van der Waals surface area contributed by atoms with E-state index in [0.717, 1.165) is 37.1 Å². The van der Waals surface area contributed by atoms with Crippen LogP contribution in [0.1, 0.15) is 54.0 Å². The molecule has 0 bridgehead atoms. The Labute approximate surface area is 128 Å². The van der Waals surface area contributed by atoms with Crippen molar-refractivity contribution in [2.24, 2.45) is 0 Å². The Morgan fingerprint density at radius 3 is 2.91 bits per heavy atom. The predicted octanol–water partition coefficient (Wildman–Crippen LogP) is 3.74. The second kappa shape index (κ2) is 6.30. The van der Waals surface area contributed by atoms with E-state index in [1.165, 1.54) is 24.3 Å². The van der Waals surface area contributed by atoms with Gasteiger partial charge in [0.15, 0.2) is 0 Å². The number of halogens is 1. The Morgan fingerprint density at radius 1 is 1.41 bits per heavy atom. The number of carbonyl (C=O) groups excluding carboxylic acids is 1. The number of carbonyl (C=O) groups is 1. The number of hydrogen-bond donors (Lipinski definition) is 0. The van der Waals surface area contributed by atoms with Gasteiger partial charge in [-0.25, -0.2) is 4.39 Å². The van der Waals surface area contributed by atoms with Crippen molar-refractivity contribution >= 4 is 5.91 Å². The van der Waals surface area contributed by atoms with Crippen molar-refractivity contribution in [3.63, 3.8) is 0 Å². The number of hydrogen-bond acceptors (Lipinski definition) is 3. The minimum absolute atomic E-state index is 0.0492. The molecule has 116 valence electrons. The van der Waals surface area contributed by atoms with Gasteiger partial charge in [0.1, 0.15) is 17.3 Å². The lowest BCUT2D eigenvalue weighted by Crippen LogP contribution is -2.30. The van der Waals surface area contributed by atoms with Gasteiger partial charge in [0.25, 0.3) is 5.91 Å². The highest BCUT2D eigenvalue weighted by Crippen LogP contribution is 2.33. The predicted molar refractivity (Wildman–Crippen MR) is 79.9 cm³/mol. The normalized spacial score (nSPS) is 17.9. The molecule has 1 atom stereocenters. The van der Waals surface area contributed by atoms with E-state index in [1.807, 2.05) is 6.07 Å². The zero-order chi connectivity index (χ0) is 15.5. The third kappa shape index (κ3) is 2.89. The van der Waals surface area contributed by atoms with Crippen LogP contribution in [0.3, 0.4) is 0 Å². The van der Waals surface area contributed by atoms with Crippen molar-refractivity contribution in [2.45, 2.75) is 38.6 Å². The summed E-state index contributed by atoms with van der Waals surface area (Å²) in [6.45, 7) is 2.78. The Bertz CT molecular complexity index is 651. The lowest BCUT2D eigenvalue weighted by atomic mass is 10.1. The lowest BCUT2D eigenvalue weighted by Gasteiger charge is -2.23. The summed E-state index contributed by atoms with van der Waals surface area (Å²) in [5.41, 5.74) is 1.32. The molecule has 1 aromatic heterocycles. The minimum atomic E-state index is -0.338. The summed E-state index contributed by atoms with van der Waals surface area (Å²) in [5, 5.41) is 4.13. The third-order valence-corrected chi connectivity index (χ3v) is 4.02. The first-order chi connectivity index (χ1) is 10.7. The molecule has 4 nitrogen and oxygen atoms in total. The Kier molecular flexibility index (Phi) is 4.22. The van der Waals surface area contributed by atoms with Crippen LogP contribution < -0.4 is 0 Å². The smallest absolute Gasteiger partial charge is 0.254 e. The van der Waals surface area contributed by atoms with Gasteiger partial charge >= 0.3 is 0 Å². The fourth-order valence-electron chi connectivity index (χ4n) is 2.93.